The summed E-state index contributed by atoms with van der Waals surface area (Å²) in [6.45, 7) is 0. The van der Waals surface area contributed by atoms with Gasteiger partial charge in [-0.3, -0.25) is 4.79 Å². The number of aryl methyl sites for hydroxylation is 1. The van der Waals surface area contributed by atoms with Crippen molar-refractivity contribution in [2.24, 2.45) is 7.05 Å². The van der Waals surface area contributed by atoms with Crippen molar-refractivity contribution in [2.75, 3.05) is 12.8 Å². The average Bonchev–Trinajstić information content (AvgIpc) is 2.35. The first kappa shape index (κ1) is 12.0. The molecule has 0 unspecified atom stereocenters. The maximum atomic E-state index is 11.7. The number of anilines is 1. The molecule has 0 aliphatic carbocycles. The number of benzene rings is 1. The molecule has 1 heterocycles. The summed E-state index contributed by atoms with van der Waals surface area (Å²) < 4.78 is 11.8. The van der Waals surface area contributed by atoms with Crippen LogP contribution in [0.4, 0.5) is 5.69 Å². The van der Waals surface area contributed by atoms with Crippen LogP contribution in [-0.2, 0) is 7.05 Å². The van der Waals surface area contributed by atoms with E-state index in [-0.39, 0.29) is 11.4 Å². The number of hydrogen-bond acceptors (Lipinski definition) is 5. The Morgan fingerprint density at radius 3 is 2.83 bits per heavy atom. The quantitative estimate of drug-likeness (QED) is 0.823. The average molecular weight is 247 g/mol. The summed E-state index contributed by atoms with van der Waals surface area (Å²) in [6, 6.07) is 4.90. The van der Waals surface area contributed by atoms with Gasteiger partial charge in [0.15, 0.2) is 0 Å². The molecule has 0 fully saturated rings. The fourth-order valence-electron chi connectivity index (χ4n) is 1.43. The molecule has 2 N–H and O–H groups in total. The maximum Gasteiger partial charge on any atom is 0.313 e. The van der Waals surface area contributed by atoms with Crippen LogP contribution in [0.2, 0.25) is 0 Å². The zero-order valence-electron chi connectivity index (χ0n) is 10.1. The molecule has 1 aromatic heterocycles. The number of nitrogen functional groups attached to an aromatic ring is 1. The number of nitrogens with two attached hydrogens (primary N) is 1. The van der Waals surface area contributed by atoms with Gasteiger partial charge in [0.05, 0.1) is 12.8 Å². The van der Waals surface area contributed by atoms with Crippen molar-refractivity contribution in [2.45, 2.75) is 0 Å². The smallest absolute Gasteiger partial charge is 0.313 e. The number of hydrogen-bond donors (Lipinski definition) is 1. The van der Waals surface area contributed by atoms with Crippen LogP contribution in [0.25, 0.3) is 0 Å². The highest BCUT2D eigenvalue weighted by Gasteiger charge is 2.07. The van der Waals surface area contributed by atoms with Crippen LogP contribution in [0, 0.1) is 0 Å². The van der Waals surface area contributed by atoms with Gasteiger partial charge in [-0.2, -0.15) is 0 Å². The summed E-state index contributed by atoms with van der Waals surface area (Å²) in [4.78, 5) is 15.6. The molecule has 0 bridgehead atoms. The summed E-state index contributed by atoms with van der Waals surface area (Å²) in [5.41, 5.74) is 5.86. The monoisotopic (exact) mass is 247 g/mol. The maximum absolute atomic E-state index is 11.7. The Balaban J connectivity index is 2.32. The van der Waals surface area contributed by atoms with E-state index in [1.807, 2.05) is 0 Å². The highest BCUT2D eigenvalue weighted by molar-refractivity contribution is 5.56. The van der Waals surface area contributed by atoms with Crippen LogP contribution < -0.4 is 20.8 Å². The van der Waals surface area contributed by atoms with Crippen molar-refractivity contribution in [3.63, 3.8) is 0 Å². The van der Waals surface area contributed by atoms with E-state index in [1.54, 1.807) is 31.4 Å². The predicted molar refractivity (Wildman–Crippen MR) is 67.0 cm³/mol. The Kier molecular flexibility index (Phi) is 3.18. The summed E-state index contributed by atoms with van der Waals surface area (Å²) in [7, 11) is 3.15. The Morgan fingerprint density at radius 2 is 2.17 bits per heavy atom. The van der Waals surface area contributed by atoms with E-state index in [2.05, 4.69) is 4.98 Å². The van der Waals surface area contributed by atoms with E-state index in [4.69, 9.17) is 15.2 Å². The van der Waals surface area contributed by atoms with E-state index in [0.717, 1.165) is 0 Å². The molecule has 2 rings (SSSR count). The van der Waals surface area contributed by atoms with Gasteiger partial charge in [-0.15, -0.1) is 0 Å². The molecule has 1 aromatic carbocycles. The second-order valence-electron chi connectivity index (χ2n) is 3.65. The standard InChI is InChI=1S/C12H13N3O3/c1-15-6-5-14-11(12(15)16)18-8-3-4-10(17-2)9(13)7-8/h3-7H,13H2,1-2H3. The largest absolute Gasteiger partial charge is 0.495 e. The minimum absolute atomic E-state index is 0.00423. The number of ether oxygens (including phenoxy) is 2. The molecule has 0 atom stereocenters. The van der Waals surface area contributed by atoms with Gasteiger partial charge in [0.2, 0.25) is 0 Å². The third kappa shape index (κ3) is 2.27. The Labute approximate surface area is 104 Å². The van der Waals surface area contributed by atoms with Gasteiger partial charge in [0, 0.05) is 25.5 Å². The third-order valence-corrected chi connectivity index (χ3v) is 2.40. The van der Waals surface area contributed by atoms with E-state index in [0.29, 0.717) is 17.2 Å². The number of rotatable bonds is 3. The molecular formula is C12H13N3O3. The molecule has 6 nitrogen and oxygen atoms in total. The number of nitrogens with zero attached hydrogens (tertiary/aromatic N) is 2. The number of aromatic nitrogens is 2. The molecule has 6 heteroatoms. The van der Waals surface area contributed by atoms with Crippen LogP contribution in [0.15, 0.2) is 35.4 Å². The predicted octanol–water partition coefficient (Wildman–Crippen LogP) is 1.16. The lowest BCUT2D eigenvalue weighted by molar-refractivity contribution is 0.413. The first-order valence-electron chi connectivity index (χ1n) is 5.25. The summed E-state index contributed by atoms with van der Waals surface area (Å²) >= 11 is 0. The Bertz CT molecular complexity index is 622. The molecule has 0 saturated carbocycles. The molecule has 0 spiro atoms. The number of methoxy groups -OCH3 is 1. The molecule has 18 heavy (non-hydrogen) atoms. The van der Waals surface area contributed by atoms with E-state index >= 15 is 0 Å². The summed E-state index contributed by atoms with van der Waals surface area (Å²) in [5.74, 6) is 0.991. The van der Waals surface area contributed by atoms with Crippen LogP contribution in [0.3, 0.4) is 0 Å². The summed E-state index contributed by atoms with van der Waals surface area (Å²) in [5, 5.41) is 0. The molecular weight excluding hydrogens is 234 g/mol. The van der Waals surface area contributed by atoms with Crippen LogP contribution in [0.5, 0.6) is 17.4 Å². The van der Waals surface area contributed by atoms with Gasteiger partial charge in [-0.05, 0) is 12.1 Å². The van der Waals surface area contributed by atoms with Gasteiger partial charge in [-0.25, -0.2) is 4.98 Å². The first-order chi connectivity index (χ1) is 8.61. The third-order valence-electron chi connectivity index (χ3n) is 2.40. The lowest BCUT2D eigenvalue weighted by Gasteiger charge is -2.08. The van der Waals surface area contributed by atoms with E-state index < -0.39 is 0 Å². The molecule has 0 aliphatic rings. The highest BCUT2D eigenvalue weighted by Crippen LogP contribution is 2.27. The molecule has 0 amide bonds. The zero-order valence-corrected chi connectivity index (χ0v) is 10.1. The topological polar surface area (TPSA) is 79.4 Å². The van der Waals surface area contributed by atoms with E-state index in [1.165, 1.54) is 17.9 Å². The normalized spacial score (nSPS) is 10.1. The van der Waals surface area contributed by atoms with Crippen LogP contribution in [0.1, 0.15) is 0 Å². The SMILES string of the molecule is COc1ccc(Oc2nccn(C)c2=O)cc1N. The van der Waals surface area contributed by atoms with Gasteiger partial charge in [-0.1, -0.05) is 0 Å². The molecule has 0 saturated heterocycles. The molecule has 0 aliphatic heterocycles. The van der Waals surface area contributed by atoms with Crippen molar-refractivity contribution < 1.29 is 9.47 Å². The highest BCUT2D eigenvalue weighted by atomic mass is 16.5. The molecule has 2 aromatic rings. The zero-order chi connectivity index (χ0) is 13.1. The Hall–Kier alpha value is -2.50. The van der Waals surface area contributed by atoms with Crippen molar-refractivity contribution in [1.82, 2.24) is 9.55 Å². The first-order valence-corrected chi connectivity index (χ1v) is 5.25. The molecule has 94 valence electrons. The van der Waals surface area contributed by atoms with Gasteiger partial charge < -0.3 is 19.8 Å². The van der Waals surface area contributed by atoms with Gasteiger partial charge in [0.1, 0.15) is 11.5 Å². The summed E-state index contributed by atoms with van der Waals surface area (Å²) in [6.07, 6.45) is 3.04. The van der Waals surface area contributed by atoms with E-state index in [9.17, 15) is 4.79 Å². The van der Waals surface area contributed by atoms with Crippen molar-refractivity contribution >= 4 is 5.69 Å². The van der Waals surface area contributed by atoms with Crippen LogP contribution >= 0.6 is 0 Å². The van der Waals surface area contributed by atoms with Crippen molar-refractivity contribution in [3.05, 3.63) is 40.9 Å². The Morgan fingerprint density at radius 1 is 1.39 bits per heavy atom. The second kappa shape index (κ2) is 4.79. The molecule has 0 radical (unpaired) electrons. The lowest BCUT2D eigenvalue weighted by Crippen LogP contribution is -2.18. The van der Waals surface area contributed by atoms with Gasteiger partial charge >= 0.3 is 5.56 Å². The fraction of sp³-hybridized carbons (Fsp3) is 0.167. The minimum Gasteiger partial charge on any atom is -0.495 e. The lowest BCUT2D eigenvalue weighted by atomic mass is 10.3. The van der Waals surface area contributed by atoms with Crippen LogP contribution in [-0.4, -0.2) is 16.7 Å². The fourth-order valence-corrected chi connectivity index (χ4v) is 1.43. The minimum atomic E-state index is -0.313. The van der Waals surface area contributed by atoms with Gasteiger partial charge in [0.25, 0.3) is 5.88 Å². The van der Waals surface area contributed by atoms with Crippen molar-refractivity contribution in [1.29, 1.82) is 0 Å². The second-order valence-corrected chi connectivity index (χ2v) is 3.65. The van der Waals surface area contributed by atoms with Crippen molar-refractivity contribution in [3.8, 4) is 17.4 Å².